The number of aromatic nitrogens is 1. The number of halogens is 1. The molecule has 2 rings (SSSR count). The second kappa shape index (κ2) is 2.20. The van der Waals surface area contributed by atoms with E-state index >= 15 is 0 Å². The number of nitrogens with zero attached hydrogens (tertiary/aromatic N) is 1. The molecule has 2 heterocycles. The van der Waals surface area contributed by atoms with Crippen molar-refractivity contribution in [3.63, 3.8) is 0 Å². The molecule has 0 aromatic carbocycles. The molecule has 0 unspecified atom stereocenters. The highest BCUT2D eigenvalue weighted by Gasteiger charge is 2.31. The highest BCUT2D eigenvalue weighted by molar-refractivity contribution is 9.10. The van der Waals surface area contributed by atoms with Crippen LogP contribution >= 0.6 is 15.9 Å². The zero-order valence-electron chi connectivity index (χ0n) is 6.22. The van der Waals surface area contributed by atoms with E-state index in [0.717, 1.165) is 0 Å². The van der Waals surface area contributed by atoms with E-state index in [1.807, 2.05) is 0 Å². The van der Waals surface area contributed by atoms with Crippen LogP contribution in [0, 0.1) is 0 Å². The van der Waals surface area contributed by atoms with Gasteiger partial charge in [0.2, 0.25) is 0 Å². The van der Waals surface area contributed by atoms with Crippen LogP contribution in [0.25, 0.3) is 0 Å². The molecule has 1 aliphatic heterocycles. The number of imide groups is 1. The molecule has 1 aromatic heterocycles. The van der Waals surface area contributed by atoms with Gasteiger partial charge in [-0.15, -0.1) is 0 Å². The van der Waals surface area contributed by atoms with Crippen molar-refractivity contribution in [1.29, 1.82) is 0 Å². The van der Waals surface area contributed by atoms with Crippen molar-refractivity contribution >= 4 is 27.7 Å². The molecule has 12 heavy (non-hydrogen) atoms. The molecule has 62 valence electrons. The van der Waals surface area contributed by atoms with Gasteiger partial charge in [-0.05, 0) is 15.9 Å². The van der Waals surface area contributed by atoms with Crippen molar-refractivity contribution in [2.45, 2.75) is 0 Å². The number of nitrogens with one attached hydrogen (secondary N) is 1. The quantitative estimate of drug-likeness (QED) is 0.664. The number of amides is 2. The molecule has 5 heteroatoms. The average molecular weight is 229 g/mol. The van der Waals surface area contributed by atoms with Crippen LogP contribution in [0.15, 0.2) is 10.8 Å². The molecule has 1 aromatic rings. The fourth-order valence-corrected chi connectivity index (χ4v) is 1.72. The third-order valence-electron chi connectivity index (χ3n) is 1.81. The Labute approximate surface area is 76.7 Å². The molecular formula is C7H5BrN2O2. The molecule has 0 aliphatic carbocycles. The lowest BCUT2D eigenvalue weighted by molar-refractivity contribution is 0.0878. The molecule has 0 fully saturated rings. The van der Waals surface area contributed by atoms with Crippen LogP contribution in [0.5, 0.6) is 0 Å². The lowest BCUT2D eigenvalue weighted by Gasteiger charge is -1.95. The standard InChI is InChI=1S/C7H5BrN2O2/c1-10-2-3-4(5(10)8)7(12)9-6(3)11/h2H,1H3,(H,9,11,12). The first-order valence-corrected chi connectivity index (χ1v) is 4.11. The number of rotatable bonds is 0. The van der Waals surface area contributed by atoms with E-state index in [0.29, 0.717) is 15.7 Å². The summed E-state index contributed by atoms with van der Waals surface area (Å²) in [4.78, 5) is 22.2. The number of aryl methyl sites for hydroxylation is 1. The van der Waals surface area contributed by atoms with Crippen molar-refractivity contribution in [3.05, 3.63) is 21.9 Å². The largest absolute Gasteiger partial charge is 0.344 e. The molecule has 0 saturated carbocycles. The van der Waals surface area contributed by atoms with E-state index in [-0.39, 0.29) is 11.8 Å². The molecule has 0 bridgehead atoms. The van der Waals surface area contributed by atoms with Crippen LogP contribution in [0.1, 0.15) is 20.7 Å². The summed E-state index contributed by atoms with van der Waals surface area (Å²) in [7, 11) is 1.77. The van der Waals surface area contributed by atoms with E-state index < -0.39 is 0 Å². The number of hydrogen-bond acceptors (Lipinski definition) is 2. The molecule has 4 nitrogen and oxygen atoms in total. The summed E-state index contributed by atoms with van der Waals surface area (Å²) in [6.45, 7) is 0. The third-order valence-corrected chi connectivity index (χ3v) is 2.76. The van der Waals surface area contributed by atoms with E-state index in [9.17, 15) is 9.59 Å². The van der Waals surface area contributed by atoms with Gasteiger partial charge in [0.15, 0.2) is 0 Å². The number of carbonyl (C=O) groups excluding carboxylic acids is 2. The van der Waals surface area contributed by atoms with E-state index in [1.54, 1.807) is 17.8 Å². The summed E-state index contributed by atoms with van der Waals surface area (Å²) in [5.74, 6) is -0.654. The second-order valence-corrected chi connectivity index (χ2v) is 3.35. The van der Waals surface area contributed by atoms with Crippen molar-refractivity contribution in [3.8, 4) is 0 Å². The van der Waals surface area contributed by atoms with Gasteiger partial charge >= 0.3 is 0 Å². The molecule has 0 spiro atoms. The van der Waals surface area contributed by atoms with Gasteiger partial charge in [-0.25, -0.2) is 0 Å². The predicted octanol–water partition coefficient (Wildman–Crippen LogP) is 0.671. The van der Waals surface area contributed by atoms with E-state index in [2.05, 4.69) is 21.2 Å². The minimum absolute atomic E-state index is 0.323. The first-order chi connectivity index (χ1) is 5.61. The van der Waals surface area contributed by atoms with Crippen LogP contribution in [-0.2, 0) is 7.05 Å². The maximum atomic E-state index is 11.1. The van der Waals surface area contributed by atoms with E-state index in [4.69, 9.17) is 0 Å². The van der Waals surface area contributed by atoms with Crippen LogP contribution in [0.2, 0.25) is 0 Å². The molecule has 0 saturated heterocycles. The minimum Gasteiger partial charge on any atom is -0.344 e. The van der Waals surface area contributed by atoms with Gasteiger partial charge in [0.1, 0.15) is 0 Å². The number of hydrogen-bond donors (Lipinski definition) is 1. The van der Waals surface area contributed by atoms with Gasteiger partial charge in [-0.2, -0.15) is 0 Å². The Balaban J connectivity index is 2.75. The summed E-state index contributed by atoms with van der Waals surface area (Å²) in [6.07, 6.45) is 1.62. The first kappa shape index (κ1) is 7.54. The number of carbonyl (C=O) groups is 2. The summed E-state index contributed by atoms with van der Waals surface area (Å²) in [5, 5.41) is 2.21. The molecule has 0 radical (unpaired) electrons. The Kier molecular flexibility index (Phi) is 1.38. The zero-order valence-corrected chi connectivity index (χ0v) is 7.81. The zero-order chi connectivity index (χ0) is 8.88. The average Bonchev–Trinajstić information content (AvgIpc) is 2.41. The molecular weight excluding hydrogens is 224 g/mol. The Morgan fingerprint density at radius 2 is 2.08 bits per heavy atom. The smallest absolute Gasteiger partial charge is 0.261 e. The van der Waals surface area contributed by atoms with Gasteiger partial charge in [0, 0.05) is 13.2 Å². The fourth-order valence-electron chi connectivity index (χ4n) is 1.22. The van der Waals surface area contributed by atoms with Crippen molar-refractivity contribution in [2.75, 3.05) is 0 Å². The SMILES string of the molecule is Cn1cc2c(c1Br)C(=O)NC2=O. The highest BCUT2D eigenvalue weighted by Crippen LogP contribution is 2.25. The summed E-state index contributed by atoms with van der Waals surface area (Å²) < 4.78 is 2.34. The minimum atomic E-state index is -0.331. The topological polar surface area (TPSA) is 51.1 Å². The summed E-state index contributed by atoms with van der Waals surface area (Å²) >= 11 is 3.22. The first-order valence-electron chi connectivity index (χ1n) is 3.31. The third kappa shape index (κ3) is 0.768. The molecule has 1 aliphatic rings. The fraction of sp³-hybridized carbons (Fsp3) is 0.143. The Bertz CT molecular complexity index is 394. The lowest BCUT2D eigenvalue weighted by Crippen LogP contribution is -2.21. The molecule has 1 N–H and O–H groups in total. The van der Waals surface area contributed by atoms with E-state index in [1.165, 1.54) is 0 Å². The maximum absolute atomic E-state index is 11.1. The van der Waals surface area contributed by atoms with Crippen molar-refractivity contribution in [2.24, 2.45) is 7.05 Å². The van der Waals surface area contributed by atoms with Gasteiger partial charge in [-0.1, -0.05) is 0 Å². The van der Waals surface area contributed by atoms with Crippen LogP contribution in [-0.4, -0.2) is 16.4 Å². The Morgan fingerprint density at radius 1 is 1.42 bits per heavy atom. The Morgan fingerprint density at radius 3 is 2.67 bits per heavy atom. The molecule has 2 amide bonds. The van der Waals surface area contributed by atoms with Gasteiger partial charge < -0.3 is 4.57 Å². The van der Waals surface area contributed by atoms with Crippen LogP contribution < -0.4 is 5.32 Å². The normalized spacial score (nSPS) is 14.8. The highest BCUT2D eigenvalue weighted by atomic mass is 79.9. The monoisotopic (exact) mass is 228 g/mol. The second-order valence-electron chi connectivity index (χ2n) is 2.60. The summed E-state index contributed by atoms with van der Waals surface area (Å²) in [6, 6.07) is 0. The number of fused-ring (bicyclic) bond motifs is 1. The van der Waals surface area contributed by atoms with Gasteiger partial charge in [0.05, 0.1) is 15.7 Å². The Hall–Kier alpha value is -1.10. The maximum Gasteiger partial charge on any atom is 0.261 e. The van der Waals surface area contributed by atoms with Crippen LogP contribution in [0.4, 0.5) is 0 Å². The summed E-state index contributed by atoms with van der Waals surface area (Å²) in [5.41, 5.74) is 0.872. The van der Waals surface area contributed by atoms with Gasteiger partial charge in [0.25, 0.3) is 11.8 Å². The van der Waals surface area contributed by atoms with Crippen LogP contribution in [0.3, 0.4) is 0 Å². The molecule has 0 atom stereocenters. The lowest BCUT2D eigenvalue weighted by atomic mass is 10.2. The predicted molar refractivity (Wildman–Crippen MR) is 44.9 cm³/mol. The van der Waals surface area contributed by atoms with Crippen molar-refractivity contribution < 1.29 is 9.59 Å². The van der Waals surface area contributed by atoms with Crippen molar-refractivity contribution in [1.82, 2.24) is 9.88 Å². The van der Waals surface area contributed by atoms with Gasteiger partial charge in [-0.3, -0.25) is 14.9 Å².